The smallest absolute Gasteiger partial charge is 0.288 e. The molecule has 0 saturated carbocycles. The zero-order valence-corrected chi connectivity index (χ0v) is 13.0. The molecule has 5 nitrogen and oxygen atoms in total. The summed E-state index contributed by atoms with van der Waals surface area (Å²) in [6.07, 6.45) is 2.97. The average molecular weight is 311 g/mol. The Morgan fingerprint density at radius 2 is 2.05 bits per heavy atom. The van der Waals surface area contributed by atoms with Gasteiger partial charge in [-0.3, -0.25) is 14.9 Å². The molecule has 0 aromatic heterocycles. The minimum atomic E-state index is -0.565. The molecule has 114 valence electrons. The minimum absolute atomic E-state index is 0.0496. The van der Waals surface area contributed by atoms with Gasteiger partial charge in [0.15, 0.2) is 0 Å². The number of likely N-dealkylation sites (tertiary alicyclic amines) is 1. The number of rotatable bonds is 2. The van der Waals surface area contributed by atoms with Gasteiger partial charge >= 0.3 is 0 Å². The molecule has 1 fully saturated rings. The number of nitro groups is 1. The van der Waals surface area contributed by atoms with Crippen molar-refractivity contribution in [3.8, 4) is 0 Å². The standard InChI is InChI=1S/C15H19ClN2O3/c1-15(2)6-3-8-17(9-7-15)14(19)11-4-5-12(16)13(10-11)18(20)21/h4-5,10H,3,6-9H2,1-2H3. The first kappa shape index (κ1) is 15.8. The van der Waals surface area contributed by atoms with Crippen molar-refractivity contribution in [3.05, 3.63) is 38.9 Å². The molecule has 1 aliphatic heterocycles. The van der Waals surface area contributed by atoms with Crippen LogP contribution in [0.1, 0.15) is 43.5 Å². The highest BCUT2D eigenvalue weighted by Gasteiger charge is 2.27. The highest BCUT2D eigenvalue weighted by molar-refractivity contribution is 6.32. The summed E-state index contributed by atoms with van der Waals surface area (Å²) < 4.78 is 0. The van der Waals surface area contributed by atoms with E-state index < -0.39 is 4.92 Å². The first-order valence-electron chi connectivity index (χ1n) is 7.03. The van der Waals surface area contributed by atoms with Crippen LogP contribution < -0.4 is 0 Å². The molecule has 2 rings (SSSR count). The molecule has 1 saturated heterocycles. The fourth-order valence-corrected chi connectivity index (χ4v) is 2.78. The lowest BCUT2D eigenvalue weighted by atomic mass is 9.85. The van der Waals surface area contributed by atoms with Gasteiger partial charge in [-0.05, 0) is 36.8 Å². The Labute approximate surface area is 129 Å². The lowest BCUT2D eigenvalue weighted by Gasteiger charge is -2.23. The number of nitrogens with zero attached hydrogens (tertiary/aromatic N) is 2. The second-order valence-electron chi connectivity index (χ2n) is 6.23. The predicted octanol–water partition coefficient (Wildman–Crippen LogP) is 3.90. The van der Waals surface area contributed by atoms with Gasteiger partial charge in [0.1, 0.15) is 5.02 Å². The van der Waals surface area contributed by atoms with E-state index in [2.05, 4.69) is 13.8 Å². The summed E-state index contributed by atoms with van der Waals surface area (Å²) in [5.74, 6) is -0.160. The average Bonchev–Trinajstić information content (AvgIpc) is 2.59. The van der Waals surface area contributed by atoms with E-state index in [1.807, 2.05) is 0 Å². The molecular weight excluding hydrogens is 292 g/mol. The van der Waals surface area contributed by atoms with E-state index in [4.69, 9.17) is 11.6 Å². The van der Waals surface area contributed by atoms with E-state index in [0.717, 1.165) is 19.3 Å². The van der Waals surface area contributed by atoms with Crippen molar-refractivity contribution in [3.63, 3.8) is 0 Å². The molecule has 0 unspecified atom stereocenters. The normalized spacial score (nSPS) is 18.1. The first-order chi connectivity index (χ1) is 9.80. The molecule has 1 amide bonds. The summed E-state index contributed by atoms with van der Waals surface area (Å²) in [6, 6.07) is 4.23. The van der Waals surface area contributed by atoms with Gasteiger partial charge < -0.3 is 4.90 Å². The molecular formula is C15H19ClN2O3. The molecule has 0 bridgehead atoms. The number of hydrogen-bond acceptors (Lipinski definition) is 3. The van der Waals surface area contributed by atoms with Crippen LogP contribution in [0.4, 0.5) is 5.69 Å². The van der Waals surface area contributed by atoms with Crippen LogP contribution in [0.2, 0.25) is 5.02 Å². The number of hydrogen-bond donors (Lipinski definition) is 0. The second kappa shape index (κ2) is 6.02. The van der Waals surface area contributed by atoms with Crippen LogP contribution in [0.5, 0.6) is 0 Å². The molecule has 0 N–H and O–H groups in total. The van der Waals surface area contributed by atoms with E-state index >= 15 is 0 Å². The summed E-state index contributed by atoms with van der Waals surface area (Å²) in [5.41, 5.74) is 0.338. The number of nitro benzene ring substituents is 1. The number of carbonyl (C=O) groups is 1. The minimum Gasteiger partial charge on any atom is -0.339 e. The van der Waals surface area contributed by atoms with Crippen LogP contribution in [-0.2, 0) is 0 Å². The lowest BCUT2D eigenvalue weighted by Crippen LogP contribution is -2.32. The summed E-state index contributed by atoms with van der Waals surface area (Å²) >= 11 is 5.78. The molecule has 1 aromatic rings. The highest BCUT2D eigenvalue weighted by atomic mass is 35.5. The Kier molecular flexibility index (Phi) is 4.52. The van der Waals surface area contributed by atoms with Crippen LogP contribution >= 0.6 is 11.6 Å². The molecule has 21 heavy (non-hydrogen) atoms. The molecule has 0 aliphatic carbocycles. The highest BCUT2D eigenvalue weighted by Crippen LogP contribution is 2.31. The molecule has 0 radical (unpaired) electrons. The van der Waals surface area contributed by atoms with E-state index in [1.54, 1.807) is 11.0 Å². The number of halogens is 1. The van der Waals surface area contributed by atoms with Crippen molar-refractivity contribution >= 4 is 23.2 Å². The SMILES string of the molecule is CC1(C)CCCN(C(=O)c2ccc(Cl)c([N+](=O)[O-])c2)CC1. The third-order valence-corrected chi connectivity index (χ3v) is 4.34. The fraction of sp³-hybridized carbons (Fsp3) is 0.533. The molecule has 0 spiro atoms. The number of carbonyl (C=O) groups excluding carboxylic acids is 1. The number of benzene rings is 1. The topological polar surface area (TPSA) is 63.5 Å². The van der Waals surface area contributed by atoms with Crippen molar-refractivity contribution in [2.24, 2.45) is 5.41 Å². The van der Waals surface area contributed by atoms with E-state index in [1.165, 1.54) is 12.1 Å². The van der Waals surface area contributed by atoms with Crippen LogP contribution in [0, 0.1) is 15.5 Å². The van der Waals surface area contributed by atoms with E-state index in [-0.39, 0.29) is 22.0 Å². The molecule has 0 atom stereocenters. The third-order valence-electron chi connectivity index (χ3n) is 4.02. The Hall–Kier alpha value is -1.62. The van der Waals surface area contributed by atoms with Crippen molar-refractivity contribution < 1.29 is 9.72 Å². The van der Waals surface area contributed by atoms with Crippen molar-refractivity contribution in [1.82, 2.24) is 4.90 Å². The molecule has 1 heterocycles. The van der Waals surface area contributed by atoms with Gasteiger partial charge in [0.2, 0.25) is 0 Å². The largest absolute Gasteiger partial charge is 0.339 e. The number of amides is 1. The van der Waals surface area contributed by atoms with Crippen molar-refractivity contribution in [1.29, 1.82) is 0 Å². The van der Waals surface area contributed by atoms with Crippen molar-refractivity contribution in [2.75, 3.05) is 13.1 Å². The van der Waals surface area contributed by atoms with E-state index in [9.17, 15) is 14.9 Å². The second-order valence-corrected chi connectivity index (χ2v) is 6.64. The maximum atomic E-state index is 12.5. The maximum absolute atomic E-state index is 12.5. The third kappa shape index (κ3) is 3.73. The summed E-state index contributed by atoms with van der Waals surface area (Å²) in [4.78, 5) is 24.6. The summed E-state index contributed by atoms with van der Waals surface area (Å²) in [7, 11) is 0. The monoisotopic (exact) mass is 310 g/mol. The quantitative estimate of drug-likeness (QED) is 0.614. The Balaban J connectivity index is 2.20. The zero-order valence-electron chi connectivity index (χ0n) is 12.3. The van der Waals surface area contributed by atoms with Gasteiger partial charge in [-0.15, -0.1) is 0 Å². The van der Waals surface area contributed by atoms with Gasteiger partial charge in [-0.25, -0.2) is 0 Å². The maximum Gasteiger partial charge on any atom is 0.288 e. The van der Waals surface area contributed by atoms with Crippen LogP contribution in [0.25, 0.3) is 0 Å². The predicted molar refractivity (Wildman–Crippen MR) is 81.6 cm³/mol. The van der Waals surface area contributed by atoms with Gasteiger partial charge in [-0.2, -0.15) is 0 Å². The molecule has 6 heteroatoms. The summed E-state index contributed by atoms with van der Waals surface area (Å²) in [6.45, 7) is 5.78. The Morgan fingerprint density at radius 1 is 1.33 bits per heavy atom. The van der Waals surface area contributed by atoms with Gasteiger partial charge in [0.25, 0.3) is 11.6 Å². The lowest BCUT2D eigenvalue weighted by molar-refractivity contribution is -0.384. The van der Waals surface area contributed by atoms with Crippen LogP contribution in [-0.4, -0.2) is 28.8 Å². The zero-order chi connectivity index (χ0) is 15.6. The Morgan fingerprint density at radius 3 is 2.71 bits per heavy atom. The van der Waals surface area contributed by atoms with Crippen LogP contribution in [0.15, 0.2) is 18.2 Å². The van der Waals surface area contributed by atoms with Gasteiger partial charge in [-0.1, -0.05) is 25.4 Å². The Bertz CT molecular complexity index is 572. The first-order valence-corrected chi connectivity index (χ1v) is 7.41. The van der Waals surface area contributed by atoms with Gasteiger partial charge in [0, 0.05) is 24.7 Å². The fourth-order valence-electron chi connectivity index (χ4n) is 2.59. The van der Waals surface area contributed by atoms with Crippen molar-refractivity contribution in [2.45, 2.75) is 33.1 Å². The molecule has 1 aliphatic rings. The van der Waals surface area contributed by atoms with Gasteiger partial charge in [0.05, 0.1) is 4.92 Å². The van der Waals surface area contributed by atoms with Crippen LogP contribution in [0.3, 0.4) is 0 Å². The van der Waals surface area contributed by atoms with E-state index in [0.29, 0.717) is 18.7 Å². The summed E-state index contributed by atoms with van der Waals surface area (Å²) in [5, 5.41) is 11.0. The molecule has 1 aromatic carbocycles.